The third kappa shape index (κ3) is 4.68. The molecule has 0 radical (unpaired) electrons. The summed E-state index contributed by atoms with van der Waals surface area (Å²) in [5.74, 6) is 2.54. The fourth-order valence-electron chi connectivity index (χ4n) is 3.16. The van der Waals surface area contributed by atoms with E-state index >= 15 is 0 Å². The predicted molar refractivity (Wildman–Crippen MR) is 130 cm³/mol. The highest BCUT2D eigenvalue weighted by Crippen LogP contribution is 2.27. The molecule has 0 saturated carbocycles. The van der Waals surface area contributed by atoms with Crippen LogP contribution in [0.1, 0.15) is 31.7 Å². The van der Waals surface area contributed by atoms with Crippen LogP contribution in [0, 0.1) is 0 Å². The SMILES string of the molecule is CCC(C)c1ccc(-c2nc(-c3ccc(Br)cc3)nc(-c3ccc(Br)cc3)n2)cc1. The second-order valence-corrected chi connectivity index (χ2v) is 9.08. The number of hydrogen-bond donors (Lipinski definition) is 0. The summed E-state index contributed by atoms with van der Waals surface area (Å²) >= 11 is 6.99. The molecule has 0 N–H and O–H groups in total. The largest absolute Gasteiger partial charge is 0.208 e. The van der Waals surface area contributed by atoms with Crippen LogP contribution in [0.5, 0.6) is 0 Å². The topological polar surface area (TPSA) is 38.7 Å². The zero-order valence-electron chi connectivity index (χ0n) is 16.8. The first kappa shape index (κ1) is 20.9. The van der Waals surface area contributed by atoms with E-state index in [4.69, 9.17) is 15.0 Å². The Balaban J connectivity index is 1.82. The monoisotopic (exact) mass is 521 g/mol. The van der Waals surface area contributed by atoms with Crippen molar-refractivity contribution in [1.29, 1.82) is 0 Å². The van der Waals surface area contributed by atoms with E-state index in [2.05, 4.69) is 70.0 Å². The van der Waals surface area contributed by atoms with Crippen molar-refractivity contribution >= 4 is 31.9 Å². The van der Waals surface area contributed by atoms with Crippen molar-refractivity contribution in [3.63, 3.8) is 0 Å². The molecule has 0 amide bonds. The molecule has 0 aliphatic carbocycles. The van der Waals surface area contributed by atoms with E-state index in [0.717, 1.165) is 32.1 Å². The van der Waals surface area contributed by atoms with Crippen molar-refractivity contribution in [1.82, 2.24) is 15.0 Å². The van der Waals surface area contributed by atoms with E-state index in [9.17, 15) is 0 Å². The van der Waals surface area contributed by atoms with Crippen LogP contribution in [0.25, 0.3) is 34.2 Å². The molecule has 1 unspecified atom stereocenters. The summed E-state index contributed by atoms with van der Waals surface area (Å²) in [5.41, 5.74) is 4.23. The first-order chi connectivity index (χ1) is 14.5. The van der Waals surface area contributed by atoms with Gasteiger partial charge in [-0.2, -0.15) is 0 Å². The Labute approximate surface area is 193 Å². The van der Waals surface area contributed by atoms with Crippen molar-refractivity contribution in [2.75, 3.05) is 0 Å². The van der Waals surface area contributed by atoms with Crippen molar-refractivity contribution < 1.29 is 0 Å². The molecule has 0 fully saturated rings. The number of halogens is 2. The lowest BCUT2D eigenvalue weighted by Crippen LogP contribution is -2.00. The second kappa shape index (κ2) is 9.19. The molecule has 1 heterocycles. The Morgan fingerprint density at radius 1 is 0.600 bits per heavy atom. The summed E-state index contributed by atoms with van der Waals surface area (Å²) in [5, 5.41) is 0. The summed E-state index contributed by atoms with van der Waals surface area (Å²) in [6.07, 6.45) is 1.12. The lowest BCUT2D eigenvalue weighted by molar-refractivity contribution is 0.734. The van der Waals surface area contributed by atoms with Crippen LogP contribution in [-0.4, -0.2) is 15.0 Å². The van der Waals surface area contributed by atoms with Gasteiger partial charge in [0.2, 0.25) is 0 Å². The molecule has 1 atom stereocenters. The summed E-state index contributed by atoms with van der Waals surface area (Å²) in [6.45, 7) is 4.45. The third-order valence-corrected chi connectivity index (χ3v) is 6.25. The fourth-order valence-corrected chi connectivity index (χ4v) is 3.69. The van der Waals surface area contributed by atoms with E-state index in [1.54, 1.807) is 0 Å². The van der Waals surface area contributed by atoms with Crippen LogP contribution < -0.4 is 0 Å². The van der Waals surface area contributed by atoms with Crippen LogP contribution in [0.2, 0.25) is 0 Å². The number of hydrogen-bond acceptors (Lipinski definition) is 3. The van der Waals surface area contributed by atoms with Gasteiger partial charge in [-0.1, -0.05) is 94.2 Å². The van der Waals surface area contributed by atoms with E-state index in [1.165, 1.54) is 5.56 Å². The van der Waals surface area contributed by atoms with Gasteiger partial charge in [-0.15, -0.1) is 0 Å². The molecule has 0 saturated heterocycles. The molecule has 3 nitrogen and oxygen atoms in total. The van der Waals surface area contributed by atoms with Crippen LogP contribution in [0.4, 0.5) is 0 Å². The Hall–Kier alpha value is -2.37. The van der Waals surface area contributed by atoms with Crippen molar-refractivity contribution in [2.24, 2.45) is 0 Å². The van der Waals surface area contributed by atoms with Crippen molar-refractivity contribution in [3.8, 4) is 34.2 Å². The highest BCUT2D eigenvalue weighted by molar-refractivity contribution is 9.10. The summed E-state index contributed by atoms with van der Waals surface area (Å²) < 4.78 is 2.04. The lowest BCUT2D eigenvalue weighted by atomic mass is 9.97. The highest BCUT2D eigenvalue weighted by atomic mass is 79.9. The molecule has 150 valence electrons. The number of aromatic nitrogens is 3. The maximum absolute atomic E-state index is 4.79. The van der Waals surface area contributed by atoms with Gasteiger partial charge in [0.1, 0.15) is 0 Å². The Bertz CT molecular complexity index is 1070. The van der Waals surface area contributed by atoms with Crippen LogP contribution in [-0.2, 0) is 0 Å². The molecule has 4 aromatic rings. The maximum atomic E-state index is 4.79. The van der Waals surface area contributed by atoms with Gasteiger partial charge in [0.15, 0.2) is 17.5 Å². The minimum Gasteiger partial charge on any atom is -0.208 e. The average molecular weight is 523 g/mol. The molecule has 0 aliphatic heterocycles. The van der Waals surface area contributed by atoms with Crippen molar-refractivity contribution in [3.05, 3.63) is 87.3 Å². The standard InChI is InChI=1S/C25H21Br2N3/c1-3-16(2)17-4-6-18(7-5-17)23-28-24(19-8-12-21(26)13-9-19)30-25(29-23)20-10-14-22(27)15-11-20/h4-16H,3H2,1-2H3. The quantitative estimate of drug-likeness (QED) is 0.267. The van der Waals surface area contributed by atoms with Gasteiger partial charge in [0.05, 0.1) is 0 Å². The Morgan fingerprint density at radius 2 is 0.933 bits per heavy atom. The molecule has 1 aromatic heterocycles. The van der Waals surface area contributed by atoms with E-state index in [0.29, 0.717) is 23.4 Å². The summed E-state index contributed by atoms with van der Waals surface area (Å²) in [4.78, 5) is 14.4. The maximum Gasteiger partial charge on any atom is 0.164 e. The second-order valence-electron chi connectivity index (χ2n) is 7.25. The Morgan fingerprint density at radius 3 is 1.27 bits per heavy atom. The zero-order chi connectivity index (χ0) is 21.1. The van der Waals surface area contributed by atoms with Crippen LogP contribution in [0.15, 0.2) is 81.7 Å². The molecule has 0 spiro atoms. The molecular formula is C25H21Br2N3. The third-order valence-electron chi connectivity index (χ3n) is 5.19. The molecule has 0 bridgehead atoms. The smallest absolute Gasteiger partial charge is 0.164 e. The van der Waals surface area contributed by atoms with Crippen LogP contribution in [0.3, 0.4) is 0 Å². The molecule has 5 heteroatoms. The van der Waals surface area contributed by atoms with E-state index in [-0.39, 0.29) is 0 Å². The molecule has 0 aliphatic rings. The minimum atomic E-state index is 0.536. The molecule has 4 rings (SSSR count). The van der Waals surface area contributed by atoms with Gasteiger partial charge in [-0.3, -0.25) is 0 Å². The Kier molecular flexibility index (Phi) is 6.40. The van der Waals surface area contributed by atoms with Gasteiger partial charge in [-0.25, -0.2) is 15.0 Å². The minimum absolute atomic E-state index is 0.536. The molecule has 3 aromatic carbocycles. The predicted octanol–water partition coefficient (Wildman–Crippen LogP) is 7.91. The van der Waals surface area contributed by atoms with Gasteiger partial charge in [0.25, 0.3) is 0 Å². The van der Waals surface area contributed by atoms with Crippen molar-refractivity contribution in [2.45, 2.75) is 26.2 Å². The molecular weight excluding hydrogens is 502 g/mol. The van der Waals surface area contributed by atoms with Crippen LogP contribution >= 0.6 is 31.9 Å². The zero-order valence-corrected chi connectivity index (χ0v) is 20.0. The van der Waals surface area contributed by atoms with E-state index < -0.39 is 0 Å². The summed E-state index contributed by atoms with van der Waals surface area (Å²) in [6, 6.07) is 24.6. The first-order valence-corrected chi connectivity index (χ1v) is 11.5. The van der Waals surface area contributed by atoms with Gasteiger partial charge in [-0.05, 0) is 42.2 Å². The van der Waals surface area contributed by atoms with Gasteiger partial charge in [0, 0.05) is 25.6 Å². The number of rotatable bonds is 5. The average Bonchev–Trinajstić information content (AvgIpc) is 2.79. The van der Waals surface area contributed by atoms with E-state index in [1.807, 2.05) is 48.5 Å². The normalized spacial score (nSPS) is 12.0. The molecule has 30 heavy (non-hydrogen) atoms. The number of nitrogens with zero attached hydrogens (tertiary/aromatic N) is 3. The summed E-state index contributed by atoms with van der Waals surface area (Å²) in [7, 11) is 0. The first-order valence-electron chi connectivity index (χ1n) is 9.92. The fraction of sp³-hybridized carbons (Fsp3) is 0.160. The highest BCUT2D eigenvalue weighted by Gasteiger charge is 2.13. The lowest BCUT2D eigenvalue weighted by Gasteiger charge is -2.11. The van der Waals surface area contributed by atoms with Gasteiger partial charge >= 0.3 is 0 Å². The van der Waals surface area contributed by atoms with Gasteiger partial charge < -0.3 is 0 Å². The number of benzene rings is 3.